The Morgan fingerprint density at radius 1 is 0.978 bits per heavy atom. The summed E-state index contributed by atoms with van der Waals surface area (Å²) in [6.07, 6.45) is 1.41. The van der Waals surface area contributed by atoms with Crippen molar-refractivity contribution in [1.82, 2.24) is 35.5 Å². The summed E-state index contributed by atoms with van der Waals surface area (Å²) < 4.78 is 6.66. The van der Waals surface area contributed by atoms with Gasteiger partial charge in [-0.2, -0.15) is 4.68 Å². The zero-order valence-electron chi connectivity index (χ0n) is 24.4. The van der Waals surface area contributed by atoms with E-state index >= 15 is 0 Å². The first-order chi connectivity index (χ1) is 21.4. The molecule has 0 aliphatic rings. The van der Waals surface area contributed by atoms with E-state index in [0.717, 1.165) is 5.56 Å². The van der Waals surface area contributed by atoms with Crippen LogP contribution in [0.2, 0.25) is 5.02 Å². The maximum atomic E-state index is 13.5. The largest absolute Gasteiger partial charge is 0.454 e. The van der Waals surface area contributed by atoms with Gasteiger partial charge in [-0.3, -0.25) is 14.4 Å². The van der Waals surface area contributed by atoms with Crippen molar-refractivity contribution in [1.29, 1.82) is 0 Å². The maximum absolute atomic E-state index is 13.5. The minimum absolute atomic E-state index is 0.0200. The van der Waals surface area contributed by atoms with Gasteiger partial charge in [0.1, 0.15) is 18.0 Å². The summed E-state index contributed by atoms with van der Waals surface area (Å²) in [4.78, 5) is 59.2. The summed E-state index contributed by atoms with van der Waals surface area (Å²) in [7, 11) is 0. The summed E-state index contributed by atoms with van der Waals surface area (Å²) >= 11 is 6.12. The van der Waals surface area contributed by atoms with Crippen LogP contribution in [0.1, 0.15) is 37.0 Å². The molecule has 3 amide bonds. The van der Waals surface area contributed by atoms with E-state index in [4.69, 9.17) is 16.3 Å². The highest BCUT2D eigenvalue weighted by molar-refractivity contribution is 6.40. The van der Waals surface area contributed by atoms with Crippen molar-refractivity contribution in [2.45, 2.75) is 38.8 Å². The minimum Gasteiger partial charge on any atom is -0.454 e. The number of fused-ring (bicyclic) bond motifs is 1. The zero-order valence-corrected chi connectivity index (χ0v) is 25.1. The molecule has 2 aromatic heterocycles. The van der Waals surface area contributed by atoms with E-state index < -0.39 is 35.3 Å². The molecule has 1 atom stereocenters. The van der Waals surface area contributed by atoms with Crippen molar-refractivity contribution in [2.24, 2.45) is 0 Å². The molecule has 4 N–H and O–H groups in total. The predicted molar refractivity (Wildman–Crippen MR) is 165 cm³/mol. The lowest BCUT2D eigenvalue weighted by Gasteiger charge is -2.19. The number of carbonyl (C=O) groups excluding carboxylic acids is 4. The number of esters is 1. The van der Waals surface area contributed by atoms with Gasteiger partial charge in [0.25, 0.3) is 0 Å². The monoisotopic (exact) mass is 629 g/mol. The molecule has 14 nitrogen and oxygen atoms in total. The number of imidazole rings is 1. The number of ether oxygens (including phenoxy) is 1. The van der Waals surface area contributed by atoms with Crippen molar-refractivity contribution in [3.63, 3.8) is 0 Å². The molecule has 0 fully saturated rings. The molecular formula is C30H28ClN9O5. The van der Waals surface area contributed by atoms with Crippen LogP contribution in [-0.4, -0.2) is 65.5 Å². The van der Waals surface area contributed by atoms with E-state index in [1.165, 1.54) is 17.1 Å². The Kier molecular flexibility index (Phi) is 8.86. The number of tetrazole rings is 1. The molecule has 0 aliphatic heterocycles. The maximum Gasteiger partial charge on any atom is 0.374 e. The molecule has 5 aromatic rings. The summed E-state index contributed by atoms with van der Waals surface area (Å²) in [5.74, 6) is -3.27. The lowest BCUT2D eigenvalue weighted by atomic mass is 10.0. The van der Waals surface area contributed by atoms with Crippen LogP contribution in [0, 0.1) is 0 Å². The molecule has 0 saturated carbocycles. The summed E-state index contributed by atoms with van der Waals surface area (Å²) in [6, 6.07) is 17.3. The number of benzene rings is 3. The van der Waals surface area contributed by atoms with Crippen LogP contribution in [0.25, 0.3) is 16.7 Å². The van der Waals surface area contributed by atoms with Gasteiger partial charge >= 0.3 is 17.8 Å². The molecule has 0 aliphatic carbocycles. The van der Waals surface area contributed by atoms with Gasteiger partial charge in [0.05, 0.1) is 22.4 Å². The fourth-order valence-corrected chi connectivity index (χ4v) is 4.45. The number of nitrogens with one attached hydrogen (secondary N) is 4. The topological polar surface area (TPSA) is 186 Å². The fraction of sp³-hybridized carbons (Fsp3) is 0.200. The number of rotatable bonds is 8. The first-order valence-corrected chi connectivity index (χ1v) is 14.1. The van der Waals surface area contributed by atoms with E-state index in [1.807, 2.05) is 6.07 Å². The van der Waals surface area contributed by atoms with Gasteiger partial charge in [-0.25, -0.2) is 9.78 Å². The van der Waals surface area contributed by atoms with Crippen molar-refractivity contribution < 1.29 is 23.9 Å². The number of hydrogen-bond donors (Lipinski definition) is 4. The van der Waals surface area contributed by atoms with Crippen molar-refractivity contribution in [3.8, 4) is 5.69 Å². The third kappa shape index (κ3) is 7.86. The smallest absolute Gasteiger partial charge is 0.374 e. The second-order valence-corrected chi connectivity index (χ2v) is 11.3. The minimum atomic E-state index is -1.14. The molecule has 15 heteroatoms. The highest BCUT2D eigenvalue weighted by Crippen LogP contribution is 2.24. The average molecular weight is 630 g/mol. The number of hydrogen-bond acceptors (Lipinski definition) is 9. The van der Waals surface area contributed by atoms with Crippen molar-refractivity contribution in [2.75, 3.05) is 10.6 Å². The number of carbonyl (C=O) groups is 4. The summed E-state index contributed by atoms with van der Waals surface area (Å²) in [5, 5.41) is 19.1. The second kappa shape index (κ2) is 12.9. The van der Waals surface area contributed by atoms with E-state index in [-0.39, 0.29) is 17.9 Å². The second-order valence-electron chi connectivity index (χ2n) is 10.9. The van der Waals surface area contributed by atoms with E-state index in [0.29, 0.717) is 27.4 Å². The Morgan fingerprint density at radius 3 is 2.47 bits per heavy atom. The van der Waals surface area contributed by atoms with Crippen molar-refractivity contribution in [3.05, 3.63) is 89.5 Å². The third-order valence-electron chi connectivity index (χ3n) is 6.25. The molecule has 0 saturated heterocycles. The number of aromatic nitrogens is 6. The molecule has 2 heterocycles. The standard InChI is InChI=1S/C30H28ClN9O5/c1-30(2,3)45-29(44)25-34-20-11-10-19(15-21(20)35-25)33-26(41)23(13-17-7-5-4-6-8-17)37-28(43)27(42)36-22-14-18(31)9-12-24(22)40-16-32-38-39-40/h4-12,14-16,23H,13H2,1-3H3,(H,33,41)(H,34,35)(H,36,42)(H,37,43). The molecule has 45 heavy (non-hydrogen) atoms. The molecule has 0 bridgehead atoms. The number of anilines is 2. The van der Waals surface area contributed by atoms with E-state index in [2.05, 4.69) is 41.4 Å². The Labute approximate surface area is 261 Å². The van der Waals surface area contributed by atoms with Crippen LogP contribution < -0.4 is 16.0 Å². The fourth-order valence-electron chi connectivity index (χ4n) is 4.28. The first-order valence-electron chi connectivity index (χ1n) is 13.7. The Balaban J connectivity index is 1.33. The number of aromatic amines is 1. The lowest BCUT2D eigenvalue weighted by Crippen LogP contribution is -2.49. The van der Waals surface area contributed by atoms with Crippen LogP contribution in [0.4, 0.5) is 11.4 Å². The van der Waals surface area contributed by atoms with Gasteiger partial charge in [0.15, 0.2) is 0 Å². The van der Waals surface area contributed by atoms with Gasteiger partial charge in [-0.05, 0) is 73.2 Å². The normalized spacial score (nSPS) is 11.9. The van der Waals surface area contributed by atoms with Crippen LogP contribution in [0.15, 0.2) is 73.1 Å². The quantitative estimate of drug-likeness (QED) is 0.147. The summed E-state index contributed by atoms with van der Waals surface area (Å²) in [6.45, 7) is 5.25. The molecule has 230 valence electrons. The lowest BCUT2D eigenvalue weighted by molar-refractivity contribution is -0.137. The van der Waals surface area contributed by atoms with Crippen LogP contribution in [-0.2, 0) is 25.5 Å². The molecular weight excluding hydrogens is 602 g/mol. The van der Waals surface area contributed by atoms with Crippen LogP contribution in [0.3, 0.4) is 0 Å². The Morgan fingerprint density at radius 2 is 1.76 bits per heavy atom. The SMILES string of the molecule is CC(C)(C)OC(=O)c1nc2ccc(NC(=O)C(Cc3ccccc3)NC(=O)C(=O)Nc3cc(Cl)ccc3-n3cnnn3)cc2[nH]1. The molecule has 0 radical (unpaired) electrons. The number of halogens is 1. The average Bonchev–Trinajstić information content (AvgIpc) is 3.67. The van der Waals surface area contributed by atoms with Crippen molar-refractivity contribution >= 4 is 57.7 Å². The molecule has 3 aromatic carbocycles. The number of amides is 3. The summed E-state index contributed by atoms with van der Waals surface area (Å²) in [5.41, 5.74) is 1.94. The number of nitrogens with zero attached hydrogens (tertiary/aromatic N) is 5. The van der Waals surface area contributed by atoms with Gasteiger partial charge in [-0.1, -0.05) is 41.9 Å². The highest BCUT2D eigenvalue weighted by Gasteiger charge is 2.26. The Hall–Kier alpha value is -5.63. The third-order valence-corrected chi connectivity index (χ3v) is 6.49. The zero-order chi connectivity index (χ0) is 32.1. The van der Waals surface area contributed by atoms with Crippen LogP contribution >= 0.6 is 11.6 Å². The predicted octanol–water partition coefficient (Wildman–Crippen LogP) is 3.45. The Bertz CT molecular complexity index is 1870. The van der Waals surface area contributed by atoms with Gasteiger partial charge in [-0.15, -0.1) is 5.10 Å². The van der Waals surface area contributed by atoms with E-state index in [9.17, 15) is 19.2 Å². The molecule has 5 rings (SSSR count). The first kappa shape index (κ1) is 30.8. The number of H-pyrrole nitrogens is 1. The van der Waals surface area contributed by atoms with Gasteiger partial charge in [0, 0.05) is 17.1 Å². The van der Waals surface area contributed by atoms with Crippen LogP contribution in [0.5, 0.6) is 0 Å². The highest BCUT2D eigenvalue weighted by atomic mass is 35.5. The molecule has 1 unspecified atom stereocenters. The van der Waals surface area contributed by atoms with E-state index in [1.54, 1.807) is 75.4 Å². The van der Waals surface area contributed by atoms with Gasteiger partial charge in [0.2, 0.25) is 11.7 Å². The molecule has 0 spiro atoms. The van der Waals surface area contributed by atoms with Gasteiger partial charge < -0.3 is 25.7 Å².